The van der Waals surface area contributed by atoms with Crippen molar-refractivity contribution in [2.24, 2.45) is 5.92 Å². The lowest BCUT2D eigenvalue weighted by atomic mass is 9.94. The van der Waals surface area contributed by atoms with Crippen LogP contribution in [0.2, 0.25) is 0 Å². The monoisotopic (exact) mass is 504 g/mol. The topological polar surface area (TPSA) is 83.8 Å². The lowest BCUT2D eigenvalue weighted by Crippen LogP contribution is -2.63. The molecule has 0 aliphatic carbocycles. The number of carboxylic acid groups (broad SMARTS) is 1. The number of alkyl halides is 3. The van der Waals surface area contributed by atoms with Gasteiger partial charge in [0.25, 0.3) is 0 Å². The third-order valence-electron chi connectivity index (χ3n) is 6.10. The maximum Gasteiger partial charge on any atom is 0.521 e. The predicted molar refractivity (Wildman–Crippen MR) is 119 cm³/mol. The SMILES string of the molecule is COc1ccc(CSCC(C(=O)[N@+]2(C(=O)O)CC(O)(c3ccsc3)CC2C)C(F)(F)F)cc1. The van der Waals surface area contributed by atoms with Crippen molar-refractivity contribution in [3.63, 3.8) is 0 Å². The molecular formula is C22H25F3NO5S2+. The Morgan fingerprint density at radius 1 is 1.30 bits per heavy atom. The van der Waals surface area contributed by atoms with E-state index >= 15 is 0 Å². The molecule has 0 bridgehead atoms. The van der Waals surface area contributed by atoms with E-state index in [4.69, 9.17) is 4.74 Å². The van der Waals surface area contributed by atoms with Crippen molar-refractivity contribution in [2.45, 2.75) is 36.9 Å². The molecule has 1 aromatic carbocycles. The van der Waals surface area contributed by atoms with Crippen LogP contribution in [0.25, 0.3) is 0 Å². The van der Waals surface area contributed by atoms with Crippen LogP contribution in [0.4, 0.5) is 18.0 Å². The van der Waals surface area contributed by atoms with Crippen molar-refractivity contribution in [1.82, 2.24) is 0 Å². The van der Waals surface area contributed by atoms with Crippen LogP contribution in [-0.2, 0) is 16.1 Å². The Hall–Kier alpha value is -2.08. The molecule has 0 spiro atoms. The maximum absolute atomic E-state index is 14.0. The van der Waals surface area contributed by atoms with Gasteiger partial charge >= 0.3 is 18.2 Å². The van der Waals surface area contributed by atoms with Crippen LogP contribution in [0, 0.1) is 5.92 Å². The number of rotatable bonds is 7. The first-order chi connectivity index (χ1) is 15.4. The molecule has 6 nitrogen and oxygen atoms in total. The molecule has 1 aliphatic heterocycles. The highest BCUT2D eigenvalue weighted by Crippen LogP contribution is 2.45. The number of hydrogen-bond acceptors (Lipinski definition) is 6. The lowest BCUT2D eigenvalue weighted by Gasteiger charge is -2.33. The first-order valence-electron chi connectivity index (χ1n) is 10.1. The molecule has 11 heteroatoms. The summed E-state index contributed by atoms with van der Waals surface area (Å²) in [4.78, 5) is 25.6. The minimum atomic E-state index is -4.92. The van der Waals surface area contributed by atoms with Crippen LogP contribution in [0.1, 0.15) is 24.5 Å². The number of benzene rings is 1. The number of methoxy groups -OCH3 is 1. The summed E-state index contributed by atoms with van der Waals surface area (Å²) in [7, 11) is 1.50. The molecular weight excluding hydrogens is 479 g/mol. The fraction of sp³-hybridized carbons (Fsp3) is 0.455. The van der Waals surface area contributed by atoms with E-state index in [0.29, 0.717) is 11.3 Å². The molecule has 2 aromatic rings. The number of halogens is 3. The quantitative estimate of drug-likeness (QED) is 0.524. The molecule has 1 saturated heterocycles. The molecule has 3 rings (SSSR count). The number of amides is 2. The third kappa shape index (κ3) is 5.06. The molecule has 2 heterocycles. The van der Waals surface area contributed by atoms with Gasteiger partial charge in [-0.15, -0.1) is 0 Å². The Morgan fingerprint density at radius 3 is 2.48 bits per heavy atom. The van der Waals surface area contributed by atoms with E-state index in [1.54, 1.807) is 41.1 Å². The summed E-state index contributed by atoms with van der Waals surface area (Å²) in [5.74, 6) is -3.72. The van der Waals surface area contributed by atoms with Crippen LogP contribution in [0.5, 0.6) is 5.75 Å². The maximum atomic E-state index is 14.0. The zero-order valence-corrected chi connectivity index (χ0v) is 19.7. The first kappa shape index (κ1) is 25.5. The van der Waals surface area contributed by atoms with E-state index in [9.17, 15) is 33.0 Å². The van der Waals surface area contributed by atoms with Crippen molar-refractivity contribution in [1.29, 1.82) is 0 Å². The van der Waals surface area contributed by atoms with E-state index in [-0.39, 0.29) is 12.2 Å². The Kier molecular flexibility index (Phi) is 7.47. The van der Waals surface area contributed by atoms with Gasteiger partial charge in [-0.3, -0.25) is 0 Å². The summed E-state index contributed by atoms with van der Waals surface area (Å²) < 4.78 is 45.5. The van der Waals surface area contributed by atoms with Gasteiger partial charge < -0.3 is 14.9 Å². The second kappa shape index (κ2) is 9.65. The van der Waals surface area contributed by atoms with Crippen LogP contribution >= 0.6 is 23.1 Å². The normalized spacial score (nSPS) is 26.2. The third-order valence-corrected chi connectivity index (χ3v) is 7.88. The molecule has 3 unspecified atom stereocenters. The van der Waals surface area contributed by atoms with Gasteiger partial charge in [0.2, 0.25) is 0 Å². The highest BCUT2D eigenvalue weighted by molar-refractivity contribution is 7.98. The number of thiophene rings is 1. The molecule has 0 radical (unpaired) electrons. The lowest BCUT2D eigenvalue weighted by molar-refractivity contribution is -0.798. The zero-order valence-electron chi connectivity index (χ0n) is 18.0. The number of quaternary nitrogens is 1. The fourth-order valence-corrected chi connectivity index (χ4v) is 6.12. The molecule has 2 amide bonds. The summed E-state index contributed by atoms with van der Waals surface area (Å²) in [5, 5.41) is 24.3. The molecule has 1 aliphatic rings. The summed E-state index contributed by atoms with van der Waals surface area (Å²) in [6.07, 6.45) is -6.74. The number of carbonyl (C=O) groups excluding carboxylic acids is 1. The van der Waals surface area contributed by atoms with E-state index < -0.39 is 52.5 Å². The largest absolute Gasteiger partial charge is 0.521 e. The Balaban J connectivity index is 1.83. The number of aliphatic hydroxyl groups is 1. The predicted octanol–water partition coefficient (Wildman–Crippen LogP) is 4.87. The van der Waals surface area contributed by atoms with Crippen molar-refractivity contribution in [3.8, 4) is 5.75 Å². The number of imide groups is 1. The molecule has 180 valence electrons. The zero-order chi connectivity index (χ0) is 24.4. The molecule has 2 N–H and O–H groups in total. The van der Waals surface area contributed by atoms with Gasteiger partial charge in [-0.2, -0.15) is 45.5 Å². The van der Waals surface area contributed by atoms with E-state index in [0.717, 1.165) is 17.3 Å². The number of carbonyl (C=O) groups is 2. The Labute approximate surface area is 197 Å². The van der Waals surface area contributed by atoms with E-state index in [1.165, 1.54) is 25.4 Å². The van der Waals surface area contributed by atoms with Gasteiger partial charge in [0, 0.05) is 23.5 Å². The van der Waals surface area contributed by atoms with Crippen LogP contribution < -0.4 is 4.74 Å². The van der Waals surface area contributed by atoms with Gasteiger partial charge in [-0.1, -0.05) is 12.1 Å². The average molecular weight is 505 g/mol. The highest BCUT2D eigenvalue weighted by Gasteiger charge is 2.66. The summed E-state index contributed by atoms with van der Waals surface area (Å²) >= 11 is 2.18. The van der Waals surface area contributed by atoms with Gasteiger partial charge in [0.15, 0.2) is 5.92 Å². The van der Waals surface area contributed by atoms with Crippen LogP contribution in [0.3, 0.4) is 0 Å². The minimum Gasteiger partial charge on any atom is -0.497 e. The number of likely N-dealkylation sites (tertiary alicyclic amines) is 1. The molecule has 1 aromatic heterocycles. The smallest absolute Gasteiger partial charge is 0.497 e. The van der Waals surface area contributed by atoms with Crippen molar-refractivity contribution >= 4 is 35.1 Å². The summed E-state index contributed by atoms with van der Waals surface area (Å²) in [6.45, 7) is 0.753. The summed E-state index contributed by atoms with van der Waals surface area (Å²) in [6, 6.07) is 7.36. The summed E-state index contributed by atoms with van der Waals surface area (Å²) in [5.41, 5.74) is -0.539. The fourth-order valence-electron chi connectivity index (χ4n) is 4.26. The average Bonchev–Trinajstić information content (AvgIpc) is 3.38. The number of thioether (sulfide) groups is 1. The molecule has 33 heavy (non-hydrogen) atoms. The van der Waals surface area contributed by atoms with Crippen LogP contribution in [0.15, 0.2) is 41.1 Å². The van der Waals surface area contributed by atoms with Gasteiger partial charge in [-0.25, -0.2) is 4.79 Å². The van der Waals surface area contributed by atoms with E-state index in [1.807, 2.05) is 0 Å². The number of nitrogens with zero attached hydrogens (tertiary/aromatic N) is 1. The van der Waals surface area contributed by atoms with Gasteiger partial charge in [0.1, 0.15) is 23.9 Å². The molecule has 0 saturated carbocycles. The van der Waals surface area contributed by atoms with Gasteiger partial charge in [-0.05, 0) is 41.4 Å². The second-order valence-corrected chi connectivity index (χ2v) is 10.0. The Morgan fingerprint density at radius 2 is 1.97 bits per heavy atom. The Bertz CT molecular complexity index is 983. The van der Waals surface area contributed by atoms with Crippen molar-refractivity contribution < 1.29 is 42.2 Å². The van der Waals surface area contributed by atoms with E-state index in [2.05, 4.69) is 0 Å². The minimum absolute atomic E-state index is 0.134. The standard InChI is InChI=1S/C22H24F3NO5S2/c1-14-9-21(30,16-7-8-32-11-16)13-26(14,20(28)29)19(27)18(22(23,24)25)12-33-10-15-3-5-17(31-2)6-4-15/h3-8,11,14,18,30H,9-10,12-13H2,1-2H3/p+1/t14?,18?,21?,26-/m0/s1. The van der Waals surface area contributed by atoms with Crippen LogP contribution in [-0.4, -0.2) is 58.3 Å². The molecule has 1 fully saturated rings. The van der Waals surface area contributed by atoms with Gasteiger partial charge in [0.05, 0.1) is 7.11 Å². The van der Waals surface area contributed by atoms with Crippen molar-refractivity contribution in [2.75, 3.05) is 19.4 Å². The first-order valence-corrected chi connectivity index (χ1v) is 12.2. The second-order valence-electron chi connectivity index (χ2n) is 8.20. The number of hydrogen-bond donors (Lipinski definition) is 2. The highest BCUT2D eigenvalue weighted by atomic mass is 32.2. The van der Waals surface area contributed by atoms with Crippen molar-refractivity contribution in [3.05, 3.63) is 52.2 Å². The number of ether oxygens (including phenoxy) is 1. The molecule has 4 atom stereocenters.